The van der Waals surface area contributed by atoms with Gasteiger partial charge in [0.15, 0.2) is 0 Å². The quantitative estimate of drug-likeness (QED) is 0.812. The maximum absolute atomic E-state index is 4.44. The van der Waals surface area contributed by atoms with Crippen LogP contribution in [0.5, 0.6) is 0 Å². The van der Waals surface area contributed by atoms with Crippen molar-refractivity contribution in [3.05, 3.63) is 18.2 Å². The van der Waals surface area contributed by atoms with Gasteiger partial charge in [-0.25, -0.2) is 4.98 Å². The van der Waals surface area contributed by atoms with Crippen LogP contribution < -0.4 is 5.32 Å². The third-order valence-corrected chi connectivity index (χ3v) is 3.95. The predicted molar refractivity (Wildman–Crippen MR) is 69.9 cm³/mol. The molecule has 0 radical (unpaired) electrons. The molecule has 1 heterocycles. The molecule has 1 saturated carbocycles. The fourth-order valence-electron chi connectivity index (χ4n) is 2.51. The molecular formula is C13H24N4. The van der Waals surface area contributed by atoms with Crippen LogP contribution in [0.2, 0.25) is 0 Å². The topological polar surface area (TPSA) is 33.1 Å². The molecule has 17 heavy (non-hydrogen) atoms. The zero-order chi connectivity index (χ0) is 12.3. The lowest BCUT2D eigenvalue weighted by Gasteiger charge is -2.47. The lowest BCUT2D eigenvalue weighted by atomic mass is 9.75. The standard InChI is InChI=1S/C13H24N4/c1-4-14-8-12-9-17(11-15-12)10-13(16(2)3)6-5-7-13/h9,11,14H,4-8,10H2,1-3H3. The van der Waals surface area contributed by atoms with Gasteiger partial charge in [-0.3, -0.25) is 0 Å². The molecule has 4 heteroatoms. The lowest BCUT2D eigenvalue weighted by molar-refractivity contribution is 0.0423. The van der Waals surface area contributed by atoms with E-state index in [1.165, 1.54) is 19.3 Å². The van der Waals surface area contributed by atoms with Gasteiger partial charge in [-0.05, 0) is 39.9 Å². The van der Waals surface area contributed by atoms with Crippen molar-refractivity contribution in [1.82, 2.24) is 19.8 Å². The summed E-state index contributed by atoms with van der Waals surface area (Å²) in [5.41, 5.74) is 1.51. The van der Waals surface area contributed by atoms with E-state index in [1.54, 1.807) is 0 Å². The first-order chi connectivity index (χ1) is 8.16. The van der Waals surface area contributed by atoms with Crippen LogP contribution >= 0.6 is 0 Å². The van der Waals surface area contributed by atoms with Crippen LogP contribution in [0.3, 0.4) is 0 Å². The summed E-state index contributed by atoms with van der Waals surface area (Å²) in [4.78, 5) is 6.81. The molecule has 1 aromatic rings. The number of imidazole rings is 1. The maximum Gasteiger partial charge on any atom is 0.0950 e. The van der Waals surface area contributed by atoms with Crippen LogP contribution in [0.4, 0.5) is 0 Å². The summed E-state index contributed by atoms with van der Waals surface area (Å²) >= 11 is 0. The second-order valence-electron chi connectivity index (χ2n) is 5.29. The minimum Gasteiger partial charge on any atom is -0.335 e. The number of likely N-dealkylation sites (N-methyl/N-ethyl adjacent to an activating group) is 1. The summed E-state index contributed by atoms with van der Waals surface area (Å²) < 4.78 is 2.24. The highest BCUT2D eigenvalue weighted by Gasteiger charge is 2.39. The highest BCUT2D eigenvalue weighted by molar-refractivity contribution is 5.01. The Morgan fingerprint density at radius 2 is 2.24 bits per heavy atom. The van der Waals surface area contributed by atoms with Crippen molar-refractivity contribution < 1.29 is 0 Å². The van der Waals surface area contributed by atoms with Crippen molar-refractivity contribution in [2.24, 2.45) is 0 Å². The molecule has 0 aromatic carbocycles. The first-order valence-corrected chi connectivity index (χ1v) is 6.55. The SMILES string of the molecule is CCNCc1cn(CC2(N(C)C)CCC2)cn1. The summed E-state index contributed by atoms with van der Waals surface area (Å²) in [6.45, 7) is 5.05. The molecular weight excluding hydrogens is 212 g/mol. The highest BCUT2D eigenvalue weighted by Crippen LogP contribution is 2.37. The van der Waals surface area contributed by atoms with Crippen molar-refractivity contribution in [2.75, 3.05) is 20.6 Å². The second-order valence-corrected chi connectivity index (χ2v) is 5.29. The van der Waals surface area contributed by atoms with Gasteiger partial charge in [0.1, 0.15) is 0 Å². The Labute approximate surface area is 104 Å². The fourth-order valence-corrected chi connectivity index (χ4v) is 2.51. The Morgan fingerprint density at radius 3 is 2.76 bits per heavy atom. The van der Waals surface area contributed by atoms with Crippen molar-refractivity contribution in [3.8, 4) is 0 Å². The minimum absolute atomic E-state index is 0.371. The average molecular weight is 236 g/mol. The van der Waals surface area contributed by atoms with Crippen molar-refractivity contribution in [3.63, 3.8) is 0 Å². The first-order valence-electron chi connectivity index (χ1n) is 6.55. The number of hydrogen-bond donors (Lipinski definition) is 1. The van der Waals surface area contributed by atoms with Gasteiger partial charge in [0.25, 0.3) is 0 Å². The van der Waals surface area contributed by atoms with Crippen LogP contribution in [0.25, 0.3) is 0 Å². The molecule has 0 bridgehead atoms. The molecule has 96 valence electrons. The van der Waals surface area contributed by atoms with Crippen molar-refractivity contribution in [1.29, 1.82) is 0 Å². The highest BCUT2D eigenvalue weighted by atomic mass is 15.2. The molecule has 0 atom stereocenters. The Hall–Kier alpha value is -0.870. The van der Waals surface area contributed by atoms with E-state index in [0.29, 0.717) is 5.54 Å². The van der Waals surface area contributed by atoms with E-state index in [9.17, 15) is 0 Å². The van der Waals surface area contributed by atoms with E-state index < -0.39 is 0 Å². The number of aromatic nitrogens is 2. The van der Waals surface area contributed by atoms with Crippen LogP contribution in [-0.2, 0) is 13.1 Å². The molecule has 1 aliphatic rings. The third-order valence-electron chi connectivity index (χ3n) is 3.95. The molecule has 1 N–H and O–H groups in total. The molecule has 1 aliphatic carbocycles. The van der Waals surface area contributed by atoms with E-state index in [0.717, 1.165) is 25.3 Å². The number of nitrogens with one attached hydrogen (secondary N) is 1. The van der Waals surface area contributed by atoms with E-state index in [1.807, 2.05) is 6.33 Å². The van der Waals surface area contributed by atoms with E-state index in [2.05, 4.69) is 47.0 Å². The Morgan fingerprint density at radius 1 is 1.47 bits per heavy atom. The Balaban J connectivity index is 1.96. The normalized spacial score (nSPS) is 18.4. The molecule has 0 unspecified atom stereocenters. The van der Waals surface area contributed by atoms with Crippen molar-refractivity contribution in [2.45, 2.75) is 44.8 Å². The van der Waals surface area contributed by atoms with Gasteiger partial charge in [0.2, 0.25) is 0 Å². The summed E-state index contributed by atoms with van der Waals surface area (Å²) in [5, 5.41) is 3.31. The van der Waals surface area contributed by atoms with Crippen LogP contribution in [-0.4, -0.2) is 40.6 Å². The summed E-state index contributed by atoms with van der Waals surface area (Å²) in [5.74, 6) is 0. The number of rotatable bonds is 6. The molecule has 0 saturated heterocycles. The van der Waals surface area contributed by atoms with Gasteiger partial charge < -0.3 is 14.8 Å². The Bertz CT molecular complexity index is 352. The predicted octanol–water partition coefficient (Wildman–Crippen LogP) is 1.48. The van der Waals surface area contributed by atoms with Crippen LogP contribution in [0, 0.1) is 0 Å². The van der Waals surface area contributed by atoms with E-state index in [4.69, 9.17) is 0 Å². The zero-order valence-electron chi connectivity index (χ0n) is 11.2. The second kappa shape index (κ2) is 5.19. The number of nitrogens with zero attached hydrogens (tertiary/aromatic N) is 3. The first kappa shape index (κ1) is 12.6. The zero-order valence-corrected chi connectivity index (χ0v) is 11.2. The molecule has 0 amide bonds. The van der Waals surface area contributed by atoms with Gasteiger partial charge in [-0.2, -0.15) is 0 Å². The third kappa shape index (κ3) is 2.69. The maximum atomic E-state index is 4.44. The minimum atomic E-state index is 0.371. The molecule has 4 nitrogen and oxygen atoms in total. The summed E-state index contributed by atoms with van der Waals surface area (Å²) in [6, 6.07) is 0. The van der Waals surface area contributed by atoms with Gasteiger partial charge in [0, 0.05) is 24.8 Å². The molecule has 0 aliphatic heterocycles. The van der Waals surface area contributed by atoms with Crippen molar-refractivity contribution >= 4 is 0 Å². The molecule has 1 fully saturated rings. The Kier molecular flexibility index (Phi) is 3.84. The molecule has 1 aromatic heterocycles. The van der Waals surface area contributed by atoms with Gasteiger partial charge >= 0.3 is 0 Å². The molecule has 2 rings (SSSR count). The van der Waals surface area contributed by atoms with Crippen LogP contribution in [0.15, 0.2) is 12.5 Å². The summed E-state index contributed by atoms with van der Waals surface area (Å²) in [7, 11) is 4.38. The number of hydrogen-bond acceptors (Lipinski definition) is 3. The average Bonchev–Trinajstić information content (AvgIpc) is 2.67. The monoisotopic (exact) mass is 236 g/mol. The lowest BCUT2D eigenvalue weighted by Crippen LogP contribution is -2.52. The van der Waals surface area contributed by atoms with Gasteiger partial charge in [-0.15, -0.1) is 0 Å². The smallest absolute Gasteiger partial charge is 0.0950 e. The summed E-state index contributed by atoms with van der Waals surface area (Å²) in [6.07, 6.45) is 8.11. The van der Waals surface area contributed by atoms with Gasteiger partial charge in [-0.1, -0.05) is 6.92 Å². The van der Waals surface area contributed by atoms with E-state index in [-0.39, 0.29) is 0 Å². The fraction of sp³-hybridized carbons (Fsp3) is 0.769. The molecule has 0 spiro atoms. The van der Waals surface area contributed by atoms with Crippen LogP contribution in [0.1, 0.15) is 31.9 Å². The largest absolute Gasteiger partial charge is 0.335 e. The van der Waals surface area contributed by atoms with E-state index >= 15 is 0 Å². The van der Waals surface area contributed by atoms with Gasteiger partial charge in [0.05, 0.1) is 12.0 Å².